The first kappa shape index (κ1) is 14.5. The van der Waals surface area contributed by atoms with Gasteiger partial charge in [0.25, 0.3) is 0 Å². The zero-order valence-corrected chi connectivity index (χ0v) is 12.3. The van der Waals surface area contributed by atoms with Crippen LogP contribution >= 0.6 is 0 Å². The molecule has 0 radical (unpaired) electrons. The molecule has 19 heavy (non-hydrogen) atoms. The van der Waals surface area contributed by atoms with Crippen LogP contribution in [-0.2, 0) is 10.0 Å². The maximum absolute atomic E-state index is 12.2. The van der Waals surface area contributed by atoms with Gasteiger partial charge in [-0.05, 0) is 49.9 Å². The molecule has 2 rings (SSSR count). The topological polar surface area (TPSA) is 66.4 Å². The molecule has 2 N–H and O–H groups in total. The lowest BCUT2D eigenvalue weighted by molar-refractivity contribution is 0.0532. The van der Waals surface area contributed by atoms with Gasteiger partial charge in [0.05, 0.1) is 10.5 Å². The highest BCUT2D eigenvalue weighted by Crippen LogP contribution is 2.29. The van der Waals surface area contributed by atoms with E-state index in [4.69, 9.17) is 0 Å². The van der Waals surface area contributed by atoms with Gasteiger partial charge in [0.2, 0.25) is 10.0 Å². The number of aryl methyl sites for hydroxylation is 2. The molecule has 0 amide bonds. The third-order valence-corrected chi connectivity index (χ3v) is 5.01. The van der Waals surface area contributed by atoms with Crippen LogP contribution in [0.5, 0.6) is 0 Å². The van der Waals surface area contributed by atoms with Gasteiger partial charge in [-0.15, -0.1) is 0 Å². The molecule has 0 atom stereocenters. The molecule has 4 nitrogen and oxygen atoms in total. The summed E-state index contributed by atoms with van der Waals surface area (Å²) in [5.41, 5.74) is 0.964. The molecule has 0 aromatic heterocycles. The molecular formula is C14H21NO3S. The lowest BCUT2D eigenvalue weighted by atomic mass is 10.0. The molecule has 1 aliphatic rings. The van der Waals surface area contributed by atoms with Crippen LogP contribution in [0.15, 0.2) is 23.1 Å². The summed E-state index contributed by atoms with van der Waals surface area (Å²) in [6.45, 7) is 3.84. The second kappa shape index (κ2) is 5.23. The highest BCUT2D eigenvalue weighted by atomic mass is 32.2. The van der Waals surface area contributed by atoms with Crippen molar-refractivity contribution in [1.29, 1.82) is 0 Å². The predicted octanol–water partition coefficient (Wildman–Crippen LogP) is 1.89. The Morgan fingerprint density at radius 1 is 1.16 bits per heavy atom. The Balaban J connectivity index is 2.13. The Kier molecular flexibility index (Phi) is 3.99. The maximum Gasteiger partial charge on any atom is 0.240 e. The lowest BCUT2D eigenvalue weighted by Crippen LogP contribution is -2.40. The summed E-state index contributed by atoms with van der Waals surface area (Å²) in [4.78, 5) is 0.270. The molecule has 1 aromatic rings. The van der Waals surface area contributed by atoms with Crippen molar-refractivity contribution in [3.05, 3.63) is 29.3 Å². The predicted molar refractivity (Wildman–Crippen MR) is 74.5 cm³/mol. The molecule has 0 heterocycles. The van der Waals surface area contributed by atoms with Crippen LogP contribution in [-0.4, -0.2) is 25.7 Å². The first-order chi connectivity index (χ1) is 8.81. The van der Waals surface area contributed by atoms with Crippen molar-refractivity contribution in [2.24, 2.45) is 0 Å². The molecule has 106 valence electrons. The largest absolute Gasteiger partial charge is 0.389 e. The van der Waals surface area contributed by atoms with Crippen molar-refractivity contribution >= 4 is 10.0 Å². The summed E-state index contributed by atoms with van der Waals surface area (Å²) in [6, 6.07) is 5.23. The van der Waals surface area contributed by atoms with Gasteiger partial charge in [0.15, 0.2) is 0 Å². The van der Waals surface area contributed by atoms with Crippen molar-refractivity contribution < 1.29 is 13.5 Å². The lowest BCUT2D eigenvalue weighted by Gasteiger charge is -2.22. The molecule has 5 heteroatoms. The maximum atomic E-state index is 12.2. The number of rotatable bonds is 4. The van der Waals surface area contributed by atoms with E-state index in [2.05, 4.69) is 4.72 Å². The van der Waals surface area contributed by atoms with Gasteiger partial charge in [-0.25, -0.2) is 13.1 Å². The minimum atomic E-state index is -3.54. The van der Waals surface area contributed by atoms with Crippen LogP contribution < -0.4 is 4.72 Å². The van der Waals surface area contributed by atoms with E-state index in [1.807, 2.05) is 19.9 Å². The normalized spacial score (nSPS) is 18.7. The van der Waals surface area contributed by atoms with Crippen molar-refractivity contribution in [1.82, 2.24) is 4.72 Å². The van der Waals surface area contributed by atoms with Crippen molar-refractivity contribution in [3.63, 3.8) is 0 Å². The fourth-order valence-corrected chi connectivity index (χ4v) is 3.92. The molecule has 1 fully saturated rings. The van der Waals surface area contributed by atoms with E-state index >= 15 is 0 Å². The molecule has 0 saturated heterocycles. The fourth-order valence-electron chi connectivity index (χ4n) is 2.61. The standard InChI is InChI=1S/C14H21NO3S/c1-11-7-12(2)9-13(8-11)19(17,18)15-10-14(16)5-3-4-6-14/h7-9,15-16H,3-6,10H2,1-2H3. The number of hydrogen-bond donors (Lipinski definition) is 2. The number of nitrogens with one attached hydrogen (secondary N) is 1. The molecule has 1 saturated carbocycles. The van der Waals surface area contributed by atoms with Gasteiger partial charge in [-0.2, -0.15) is 0 Å². The van der Waals surface area contributed by atoms with Crippen molar-refractivity contribution in [3.8, 4) is 0 Å². The van der Waals surface area contributed by atoms with E-state index < -0.39 is 15.6 Å². The van der Waals surface area contributed by atoms with Crippen LogP contribution in [0.1, 0.15) is 36.8 Å². The first-order valence-electron chi connectivity index (χ1n) is 6.61. The molecule has 1 aliphatic carbocycles. The van der Waals surface area contributed by atoms with Crippen molar-refractivity contribution in [2.75, 3.05) is 6.54 Å². The zero-order chi connectivity index (χ0) is 14.1. The monoisotopic (exact) mass is 283 g/mol. The summed E-state index contributed by atoms with van der Waals surface area (Å²) < 4.78 is 27.0. The van der Waals surface area contributed by atoms with E-state index in [0.717, 1.165) is 24.0 Å². The highest BCUT2D eigenvalue weighted by molar-refractivity contribution is 7.89. The van der Waals surface area contributed by atoms with E-state index in [0.29, 0.717) is 12.8 Å². The molecule has 0 unspecified atom stereocenters. The second-order valence-corrected chi connectivity index (χ2v) is 7.35. The highest BCUT2D eigenvalue weighted by Gasteiger charge is 2.32. The quantitative estimate of drug-likeness (QED) is 0.886. The van der Waals surface area contributed by atoms with Crippen LogP contribution in [0.4, 0.5) is 0 Å². The fraction of sp³-hybridized carbons (Fsp3) is 0.571. The second-order valence-electron chi connectivity index (χ2n) is 5.58. The van der Waals surface area contributed by atoms with Gasteiger partial charge in [-0.1, -0.05) is 18.9 Å². The van der Waals surface area contributed by atoms with E-state index in [1.165, 1.54) is 0 Å². The summed E-state index contributed by atoms with van der Waals surface area (Å²) in [5.74, 6) is 0. The third kappa shape index (κ3) is 3.55. The summed E-state index contributed by atoms with van der Waals surface area (Å²) in [6.07, 6.45) is 3.26. The molecular weight excluding hydrogens is 262 g/mol. The van der Waals surface area contributed by atoms with Crippen LogP contribution in [0.3, 0.4) is 0 Å². The minimum absolute atomic E-state index is 0.0995. The third-order valence-electron chi connectivity index (χ3n) is 3.63. The number of hydrogen-bond acceptors (Lipinski definition) is 3. The summed E-state index contributed by atoms with van der Waals surface area (Å²) in [5, 5.41) is 10.2. The van der Waals surface area contributed by atoms with Gasteiger partial charge < -0.3 is 5.11 Å². The van der Waals surface area contributed by atoms with Gasteiger partial charge in [-0.3, -0.25) is 0 Å². The van der Waals surface area contributed by atoms with Crippen LogP contribution in [0.25, 0.3) is 0 Å². The van der Waals surface area contributed by atoms with Gasteiger partial charge >= 0.3 is 0 Å². The van der Waals surface area contributed by atoms with Crippen LogP contribution in [0, 0.1) is 13.8 Å². The molecule has 0 spiro atoms. The first-order valence-corrected chi connectivity index (χ1v) is 8.09. The zero-order valence-electron chi connectivity index (χ0n) is 11.4. The molecule has 1 aromatic carbocycles. The van der Waals surface area contributed by atoms with Gasteiger partial charge in [0.1, 0.15) is 0 Å². The summed E-state index contributed by atoms with van der Waals surface area (Å²) in [7, 11) is -3.54. The van der Waals surface area contributed by atoms with Crippen molar-refractivity contribution in [2.45, 2.75) is 50.0 Å². The van der Waals surface area contributed by atoms with E-state index in [-0.39, 0.29) is 11.4 Å². The Labute approximate surface area is 114 Å². The summed E-state index contributed by atoms with van der Waals surface area (Å²) >= 11 is 0. The molecule has 0 aliphatic heterocycles. The molecule has 0 bridgehead atoms. The Hall–Kier alpha value is -0.910. The van der Waals surface area contributed by atoms with E-state index in [1.54, 1.807) is 12.1 Å². The SMILES string of the molecule is Cc1cc(C)cc(S(=O)(=O)NCC2(O)CCCC2)c1. The van der Waals surface area contributed by atoms with E-state index in [9.17, 15) is 13.5 Å². The Morgan fingerprint density at radius 3 is 2.21 bits per heavy atom. The number of sulfonamides is 1. The number of benzene rings is 1. The Morgan fingerprint density at radius 2 is 1.68 bits per heavy atom. The smallest absolute Gasteiger partial charge is 0.240 e. The average Bonchev–Trinajstić information content (AvgIpc) is 2.73. The average molecular weight is 283 g/mol. The Bertz CT molecular complexity index is 540. The number of aliphatic hydroxyl groups is 1. The minimum Gasteiger partial charge on any atom is -0.389 e. The van der Waals surface area contributed by atoms with Crippen LogP contribution in [0.2, 0.25) is 0 Å². The van der Waals surface area contributed by atoms with Gasteiger partial charge in [0, 0.05) is 6.54 Å².